The minimum Gasteiger partial charge on any atom is -0.497 e. The number of carboxylic acids is 1. The Morgan fingerprint density at radius 2 is 2.41 bits per heavy atom. The Hall–Kier alpha value is -1.75. The number of methoxy groups -OCH3 is 1. The molecule has 17 heavy (non-hydrogen) atoms. The van der Waals surface area contributed by atoms with Crippen LogP contribution >= 0.6 is 0 Å². The van der Waals surface area contributed by atoms with Crippen LogP contribution in [-0.4, -0.2) is 44.0 Å². The zero-order valence-corrected chi connectivity index (χ0v) is 9.63. The second kappa shape index (κ2) is 5.05. The lowest BCUT2D eigenvalue weighted by atomic mass is 10.2. The summed E-state index contributed by atoms with van der Waals surface area (Å²) in [6.45, 7) is 1.33. The Morgan fingerprint density at radius 1 is 1.59 bits per heavy atom. The first-order valence-corrected chi connectivity index (χ1v) is 5.43. The molecule has 1 aliphatic rings. The van der Waals surface area contributed by atoms with Gasteiger partial charge in [0.1, 0.15) is 5.75 Å². The van der Waals surface area contributed by atoms with Gasteiger partial charge in [0.2, 0.25) is 0 Å². The summed E-state index contributed by atoms with van der Waals surface area (Å²) in [6.07, 6.45) is 0. The van der Waals surface area contributed by atoms with Gasteiger partial charge < -0.3 is 19.5 Å². The maximum absolute atomic E-state index is 11.1. The molecule has 0 radical (unpaired) electrons. The number of morpholine rings is 1. The number of nitrogens with zero attached hydrogens (tertiary/aromatic N) is 1. The van der Waals surface area contributed by atoms with E-state index in [0.717, 1.165) is 11.4 Å². The maximum Gasteiger partial charge on any atom is 0.328 e. The molecule has 1 saturated heterocycles. The topological polar surface area (TPSA) is 59.0 Å². The number of rotatable bonds is 3. The molecule has 5 nitrogen and oxygen atoms in total. The van der Waals surface area contributed by atoms with E-state index in [0.29, 0.717) is 13.2 Å². The second-order valence-corrected chi connectivity index (χ2v) is 3.82. The minimum atomic E-state index is -0.868. The SMILES string of the molecule is COc1cccc(N2CCOCC2C(=O)O)c1. The van der Waals surface area contributed by atoms with Crippen molar-refractivity contribution in [2.24, 2.45) is 0 Å². The molecule has 5 heteroatoms. The van der Waals surface area contributed by atoms with Crippen LogP contribution in [0.3, 0.4) is 0 Å². The van der Waals surface area contributed by atoms with E-state index in [9.17, 15) is 4.79 Å². The molecule has 92 valence electrons. The van der Waals surface area contributed by atoms with Crippen LogP contribution in [-0.2, 0) is 9.53 Å². The predicted octanol–water partition coefficient (Wildman–Crippen LogP) is 0.985. The third-order valence-electron chi connectivity index (χ3n) is 2.80. The minimum absolute atomic E-state index is 0.215. The van der Waals surface area contributed by atoms with Gasteiger partial charge >= 0.3 is 5.97 Å². The number of anilines is 1. The van der Waals surface area contributed by atoms with E-state index in [1.54, 1.807) is 7.11 Å². The number of ether oxygens (including phenoxy) is 2. The quantitative estimate of drug-likeness (QED) is 0.849. The van der Waals surface area contributed by atoms with Crippen LogP contribution in [0, 0.1) is 0 Å². The highest BCUT2D eigenvalue weighted by Gasteiger charge is 2.29. The summed E-state index contributed by atoms with van der Waals surface area (Å²) in [7, 11) is 1.59. The highest BCUT2D eigenvalue weighted by molar-refractivity contribution is 5.78. The van der Waals surface area contributed by atoms with Crippen LogP contribution in [0.1, 0.15) is 0 Å². The number of aliphatic carboxylic acids is 1. The fraction of sp³-hybridized carbons (Fsp3) is 0.417. The number of benzene rings is 1. The fourth-order valence-corrected chi connectivity index (χ4v) is 1.91. The van der Waals surface area contributed by atoms with Crippen LogP contribution < -0.4 is 9.64 Å². The van der Waals surface area contributed by atoms with Gasteiger partial charge in [-0.1, -0.05) is 6.07 Å². The normalized spacial score (nSPS) is 20.1. The maximum atomic E-state index is 11.1. The Kier molecular flexibility index (Phi) is 3.49. The molecule has 1 N–H and O–H groups in total. The van der Waals surface area contributed by atoms with Crippen molar-refractivity contribution in [3.05, 3.63) is 24.3 Å². The highest BCUT2D eigenvalue weighted by atomic mass is 16.5. The summed E-state index contributed by atoms with van der Waals surface area (Å²) in [4.78, 5) is 13.0. The molecule has 0 amide bonds. The Morgan fingerprint density at radius 3 is 3.12 bits per heavy atom. The number of hydrogen-bond acceptors (Lipinski definition) is 4. The summed E-state index contributed by atoms with van der Waals surface area (Å²) in [5.74, 6) is -0.148. The summed E-state index contributed by atoms with van der Waals surface area (Å²) in [5.41, 5.74) is 0.847. The average molecular weight is 237 g/mol. The first-order chi connectivity index (χ1) is 8.22. The van der Waals surface area contributed by atoms with E-state index in [2.05, 4.69) is 0 Å². The van der Waals surface area contributed by atoms with Gasteiger partial charge in [0.15, 0.2) is 6.04 Å². The van der Waals surface area contributed by atoms with Crippen molar-refractivity contribution in [3.63, 3.8) is 0 Å². The number of hydrogen-bond donors (Lipinski definition) is 1. The lowest BCUT2D eigenvalue weighted by Gasteiger charge is -2.34. The predicted molar refractivity (Wildman–Crippen MR) is 62.6 cm³/mol. The molecular formula is C12H15NO4. The Labute approximate surface area is 99.6 Å². The molecule has 2 rings (SSSR count). The zero-order valence-electron chi connectivity index (χ0n) is 9.63. The zero-order chi connectivity index (χ0) is 12.3. The van der Waals surface area contributed by atoms with Gasteiger partial charge in [-0.3, -0.25) is 0 Å². The third-order valence-corrected chi connectivity index (χ3v) is 2.80. The molecule has 0 bridgehead atoms. The first kappa shape index (κ1) is 11.7. The van der Waals surface area contributed by atoms with E-state index >= 15 is 0 Å². The summed E-state index contributed by atoms with van der Waals surface area (Å²) in [6, 6.07) is 6.77. The summed E-state index contributed by atoms with van der Waals surface area (Å²) >= 11 is 0. The van der Waals surface area contributed by atoms with Gasteiger partial charge in [-0.05, 0) is 12.1 Å². The summed E-state index contributed by atoms with van der Waals surface area (Å²) in [5, 5.41) is 9.14. The lowest BCUT2D eigenvalue weighted by Crippen LogP contribution is -2.50. The monoisotopic (exact) mass is 237 g/mol. The van der Waals surface area contributed by atoms with Gasteiger partial charge in [0.05, 0.1) is 20.3 Å². The van der Waals surface area contributed by atoms with Gasteiger partial charge in [-0.2, -0.15) is 0 Å². The first-order valence-electron chi connectivity index (χ1n) is 5.43. The Balaban J connectivity index is 2.26. The van der Waals surface area contributed by atoms with Crippen LogP contribution in [0.25, 0.3) is 0 Å². The van der Waals surface area contributed by atoms with Crippen LogP contribution in [0.5, 0.6) is 5.75 Å². The van der Waals surface area contributed by atoms with E-state index < -0.39 is 12.0 Å². The second-order valence-electron chi connectivity index (χ2n) is 3.82. The average Bonchev–Trinajstić information content (AvgIpc) is 2.39. The molecule has 1 aliphatic heterocycles. The molecule has 0 spiro atoms. The van der Waals surface area contributed by atoms with E-state index in [4.69, 9.17) is 14.6 Å². The van der Waals surface area contributed by atoms with Gasteiger partial charge in [0.25, 0.3) is 0 Å². The molecule has 0 aromatic heterocycles. The Bertz CT molecular complexity index is 407. The van der Waals surface area contributed by atoms with Crippen LogP contribution in [0.15, 0.2) is 24.3 Å². The smallest absolute Gasteiger partial charge is 0.328 e. The summed E-state index contributed by atoms with van der Waals surface area (Å²) < 4.78 is 10.3. The fourth-order valence-electron chi connectivity index (χ4n) is 1.91. The van der Waals surface area contributed by atoms with Crippen LogP contribution in [0.4, 0.5) is 5.69 Å². The van der Waals surface area contributed by atoms with Crippen molar-refractivity contribution < 1.29 is 19.4 Å². The largest absolute Gasteiger partial charge is 0.497 e. The van der Waals surface area contributed by atoms with Crippen LogP contribution in [0.2, 0.25) is 0 Å². The van der Waals surface area contributed by atoms with Gasteiger partial charge in [-0.25, -0.2) is 4.79 Å². The molecule has 1 heterocycles. The van der Waals surface area contributed by atoms with Crippen molar-refractivity contribution >= 4 is 11.7 Å². The van der Waals surface area contributed by atoms with Crippen molar-refractivity contribution in [1.29, 1.82) is 0 Å². The van der Waals surface area contributed by atoms with Crippen molar-refractivity contribution in [2.45, 2.75) is 6.04 Å². The third kappa shape index (κ3) is 2.50. The van der Waals surface area contributed by atoms with Gasteiger partial charge in [0, 0.05) is 18.3 Å². The number of carboxylic acid groups (broad SMARTS) is 1. The van der Waals surface area contributed by atoms with E-state index in [-0.39, 0.29) is 6.61 Å². The molecule has 1 aromatic rings. The molecule has 0 saturated carbocycles. The standard InChI is InChI=1S/C12H15NO4/c1-16-10-4-2-3-9(7-10)13-5-6-17-8-11(13)12(14)15/h2-4,7,11H,5-6,8H2,1H3,(H,14,15). The van der Waals surface area contributed by atoms with E-state index in [1.807, 2.05) is 29.2 Å². The number of carbonyl (C=O) groups is 1. The highest BCUT2D eigenvalue weighted by Crippen LogP contribution is 2.24. The molecule has 1 atom stereocenters. The van der Waals surface area contributed by atoms with Gasteiger partial charge in [-0.15, -0.1) is 0 Å². The molecule has 1 fully saturated rings. The lowest BCUT2D eigenvalue weighted by molar-refractivity contribution is -0.141. The van der Waals surface area contributed by atoms with Crippen molar-refractivity contribution in [2.75, 3.05) is 31.8 Å². The van der Waals surface area contributed by atoms with E-state index in [1.165, 1.54) is 0 Å². The molecule has 0 aliphatic carbocycles. The van der Waals surface area contributed by atoms with Crippen molar-refractivity contribution in [1.82, 2.24) is 0 Å². The van der Waals surface area contributed by atoms with Crippen molar-refractivity contribution in [3.8, 4) is 5.75 Å². The molecule has 1 aromatic carbocycles. The molecule has 1 unspecified atom stereocenters. The molecular weight excluding hydrogens is 222 g/mol.